The third-order valence-corrected chi connectivity index (χ3v) is 1.30. The van der Waals surface area contributed by atoms with E-state index in [1.54, 1.807) is 6.92 Å². The van der Waals surface area contributed by atoms with E-state index >= 15 is 0 Å². The zero-order chi connectivity index (χ0) is 6.91. The molecule has 1 fully saturated rings. The van der Waals surface area contributed by atoms with Crippen LogP contribution in [0.4, 0.5) is 4.79 Å². The fourth-order valence-electron chi connectivity index (χ4n) is 0.601. The predicted octanol–water partition coefficient (Wildman–Crippen LogP) is 0.0888. The van der Waals surface area contributed by atoms with Gasteiger partial charge in [-0.3, -0.25) is 5.32 Å². The largest absolute Gasteiger partial charge is 0.444 e. The number of carbonyl (C=O) groups is 1. The van der Waals surface area contributed by atoms with E-state index in [-0.39, 0.29) is 6.61 Å². The summed E-state index contributed by atoms with van der Waals surface area (Å²) >= 11 is 0. The molecule has 1 saturated heterocycles. The molecule has 1 rings (SSSR count). The van der Waals surface area contributed by atoms with Crippen LogP contribution in [0.15, 0.2) is 0 Å². The summed E-state index contributed by atoms with van der Waals surface area (Å²) in [5.41, 5.74) is -0.614. The minimum absolute atomic E-state index is 0.280. The fraction of sp³-hybridized carbons (Fsp3) is 0.800. The van der Waals surface area contributed by atoms with Crippen LogP contribution in [0.5, 0.6) is 0 Å². The summed E-state index contributed by atoms with van der Waals surface area (Å²) < 4.78 is 9.50. The lowest BCUT2D eigenvalue weighted by Gasteiger charge is -2.17. The van der Waals surface area contributed by atoms with Crippen molar-refractivity contribution in [2.45, 2.75) is 12.6 Å². The van der Waals surface area contributed by atoms with Crippen LogP contribution in [0.1, 0.15) is 6.92 Å². The maximum atomic E-state index is 10.4. The van der Waals surface area contributed by atoms with Crippen LogP contribution in [-0.4, -0.2) is 25.5 Å². The molecule has 1 aliphatic heterocycles. The Morgan fingerprint density at radius 3 is 2.78 bits per heavy atom. The zero-order valence-corrected chi connectivity index (χ0v) is 5.43. The SMILES string of the molecule is COC1(C)COC(=O)N1. The van der Waals surface area contributed by atoms with Crippen LogP contribution in [0.25, 0.3) is 0 Å². The van der Waals surface area contributed by atoms with Gasteiger partial charge >= 0.3 is 6.09 Å². The van der Waals surface area contributed by atoms with Crippen LogP contribution in [0, 0.1) is 0 Å². The van der Waals surface area contributed by atoms with E-state index in [9.17, 15) is 4.79 Å². The molecule has 0 spiro atoms. The Morgan fingerprint density at radius 1 is 1.89 bits per heavy atom. The van der Waals surface area contributed by atoms with Gasteiger partial charge in [0.1, 0.15) is 6.61 Å². The summed E-state index contributed by atoms with van der Waals surface area (Å²) in [6, 6.07) is 0. The fourth-order valence-corrected chi connectivity index (χ4v) is 0.601. The molecular formula is C5H9NO3. The lowest BCUT2D eigenvalue weighted by atomic mass is 10.3. The molecule has 0 aromatic rings. The third kappa shape index (κ3) is 1.13. The molecule has 1 atom stereocenters. The Kier molecular flexibility index (Phi) is 1.32. The lowest BCUT2D eigenvalue weighted by Crippen LogP contribution is -2.41. The number of nitrogens with one attached hydrogen (secondary N) is 1. The Morgan fingerprint density at radius 2 is 2.56 bits per heavy atom. The number of hydrogen-bond donors (Lipinski definition) is 1. The number of rotatable bonds is 1. The smallest absolute Gasteiger partial charge is 0.409 e. The highest BCUT2D eigenvalue weighted by Gasteiger charge is 2.34. The van der Waals surface area contributed by atoms with Gasteiger partial charge < -0.3 is 9.47 Å². The van der Waals surface area contributed by atoms with Crippen molar-refractivity contribution in [3.05, 3.63) is 0 Å². The lowest BCUT2D eigenvalue weighted by molar-refractivity contribution is -0.0141. The third-order valence-electron chi connectivity index (χ3n) is 1.30. The van der Waals surface area contributed by atoms with Crippen molar-refractivity contribution in [2.75, 3.05) is 13.7 Å². The summed E-state index contributed by atoms with van der Waals surface area (Å²) in [5.74, 6) is 0. The monoisotopic (exact) mass is 131 g/mol. The van der Waals surface area contributed by atoms with Crippen LogP contribution < -0.4 is 5.32 Å². The predicted molar refractivity (Wildman–Crippen MR) is 29.9 cm³/mol. The Labute approximate surface area is 53.1 Å². The van der Waals surface area contributed by atoms with E-state index < -0.39 is 11.8 Å². The van der Waals surface area contributed by atoms with Gasteiger partial charge in [0.25, 0.3) is 0 Å². The topological polar surface area (TPSA) is 47.6 Å². The summed E-state index contributed by atoms with van der Waals surface area (Å²) in [5, 5.41) is 2.50. The van der Waals surface area contributed by atoms with Crippen molar-refractivity contribution in [3.63, 3.8) is 0 Å². The van der Waals surface area contributed by atoms with Crippen molar-refractivity contribution in [2.24, 2.45) is 0 Å². The number of carbonyl (C=O) groups excluding carboxylic acids is 1. The maximum Gasteiger partial charge on any atom is 0.409 e. The average molecular weight is 131 g/mol. The van der Waals surface area contributed by atoms with Gasteiger partial charge in [-0.2, -0.15) is 0 Å². The number of amides is 1. The molecule has 52 valence electrons. The van der Waals surface area contributed by atoms with Gasteiger partial charge in [-0.15, -0.1) is 0 Å². The normalized spacial score (nSPS) is 33.8. The van der Waals surface area contributed by atoms with Crippen LogP contribution in [-0.2, 0) is 9.47 Å². The molecule has 1 N–H and O–H groups in total. The first kappa shape index (κ1) is 6.35. The maximum absolute atomic E-state index is 10.4. The van der Waals surface area contributed by atoms with Gasteiger partial charge in [-0.05, 0) is 6.92 Å². The van der Waals surface area contributed by atoms with E-state index in [2.05, 4.69) is 10.1 Å². The molecule has 0 aromatic carbocycles. The van der Waals surface area contributed by atoms with Gasteiger partial charge in [0.15, 0.2) is 5.72 Å². The highest BCUT2D eigenvalue weighted by Crippen LogP contribution is 2.11. The van der Waals surface area contributed by atoms with Crippen molar-refractivity contribution in [3.8, 4) is 0 Å². The Bertz CT molecular complexity index is 136. The van der Waals surface area contributed by atoms with Crippen LogP contribution in [0.2, 0.25) is 0 Å². The summed E-state index contributed by atoms with van der Waals surface area (Å²) in [4.78, 5) is 10.4. The van der Waals surface area contributed by atoms with Gasteiger partial charge in [0, 0.05) is 7.11 Å². The zero-order valence-electron chi connectivity index (χ0n) is 5.43. The van der Waals surface area contributed by atoms with Crippen molar-refractivity contribution in [1.29, 1.82) is 0 Å². The summed E-state index contributed by atoms with van der Waals surface area (Å²) in [7, 11) is 1.52. The Balaban J connectivity index is 2.54. The molecule has 0 radical (unpaired) electrons. The molecule has 1 amide bonds. The van der Waals surface area contributed by atoms with E-state index in [0.29, 0.717) is 0 Å². The summed E-state index contributed by atoms with van der Waals surface area (Å²) in [6.45, 7) is 2.03. The standard InChI is InChI=1S/C5H9NO3/c1-5(8-2)3-9-4(7)6-5/h3H2,1-2H3,(H,6,7). The molecule has 0 saturated carbocycles. The molecule has 9 heavy (non-hydrogen) atoms. The highest BCUT2D eigenvalue weighted by atomic mass is 16.6. The first-order chi connectivity index (χ1) is 4.16. The van der Waals surface area contributed by atoms with Gasteiger partial charge in [0.05, 0.1) is 0 Å². The van der Waals surface area contributed by atoms with Gasteiger partial charge in [0.2, 0.25) is 0 Å². The van der Waals surface area contributed by atoms with Crippen LogP contribution >= 0.6 is 0 Å². The van der Waals surface area contributed by atoms with E-state index in [4.69, 9.17) is 4.74 Å². The molecular weight excluding hydrogens is 122 g/mol. The average Bonchev–Trinajstić information content (AvgIpc) is 2.13. The molecule has 1 aliphatic rings. The molecule has 1 heterocycles. The molecule has 0 bridgehead atoms. The number of hydrogen-bond acceptors (Lipinski definition) is 3. The van der Waals surface area contributed by atoms with Crippen molar-refractivity contribution in [1.82, 2.24) is 5.32 Å². The first-order valence-electron chi connectivity index (χ1n) is 2.66. The molecule has 0 aromatic heterocycles. The number of methoxy groups -OCH3 is 1. The quantitative estimate of drug-likeness (QED) is 0.548. The van der Waals surface area contributed by atoms with Crippen molar-refractivity contribution >= 4 is 6.09 Å². The van der Waals surface area contributed by atoms with Crippen LogP contribution in [0.3, 0.4) is 0 Å². The Hall–Kier alpha value is -0.770. The molecule has 4 nitrogen and oxygen atoms in total. The van der Waals surface area contributed by atoms with Gasteiger partial charge in [-0.25, -0.2) is 4.79 Å². The number of cyclic esters (lactones) is 1. The summed E-state index contributed by atoms with van der Waals surface area (Å²) in [6.07, 6.45) is -0.417. The second-order valence-electron chi connectivity index (χ2n) is 2.14. The second kappa shape index (κ2) is 1.88. The molecule has 1 unspecified atom stereocenters. The molecule has 0 aliphatic carbocycles. The number of ether oxygens (including phenoxy) is 2. The van der Waals surface area contributed by atoms with E-state index in [0.717, 1.165) is 0 Å². The second-order valence-corrected chi connectivity index (χ2v) is 2.14. The minimum atomic E-state index is -0.614. The molecule has 4 heteroatoms. The first-order valence-corrected chi connectivity index (χ1v) is 2.66. The highest BCUT2D eigenvalue weighted by molar-refractivity contribution is 5.70. The van der Waals surface area contributed by atoms with E-state index in [1.807, 2.05) is 0 Å². The van der Waals surface area contributed by atoms with Crippen molar-refractivity contribution < 1.29 is 14.3 Å². The number of alkyl carbamates (subject to hydrolysis) is 1. The van der Waals surface area contributed by atoms with Gasteiger partial charge in [-0.1, -0.05) is 0 Å². The minimum Gasteiger partial charge on any atom is -0.444 e. The van der Waals surface area contributed by atoms with E-state index in [1.165, 1.54) is 7.11 Å².